The first-order chi connectivity index (χ1) is 18.7. The van der Waals surface area contributed by atoms with Gasteiger partial charge in [0.15, 0.2) is 0 Å². The van der Waals surface area contributed by atoms with Gasteiger partial charge in [0.1, 0.15) is 56.9 Å². The molecule has 15 heteroatoms. The van der Waals surface area contributed by atoms with E-state index < -0.39 is 36.4 Å². The molecule has 0 spiro atoms. The lowest BCUT2D eigenvalue weighted by atomic mass is 10.3. The number of ether oxygens (including phenoxy) is 9. The van der Waals surface area contributed by atoms with Crippen molar-refractivity contribution in [3.63, 3.8) is 0 Å². The maximum Gasteiger partial charge on any atom is 0.513 e. The molecule has 0 aliphatic carbocycles. The van der Waals surface area contributed by atoms with Crippen LogP contribution < -0.4 is 14.2 Å². The van der Waals surface area contributed by atoms with Gasteiger partial charge in [-0.05, 0) is 0 Å². The molecule has 0 saturated heterocycles. The maximum atomic E-state index is 11.9. The summed E-state index contributed by atoms with van der Waals surface area (Å²) in [6, 6.07) is 3.14. The molecule has 1 rings (SSSR count). The lowest BCUT2D eigenvalue weighted by molar-refractivity contribution is -0.139. The van der Waals surface area contributed by atoms with Gasteiger partial charge < -0.3 is 42.6 Å². The summed E-state index contributed by atoms with van der Waals surface area (Å²) in [5.41, 5.74) is 0. The Morgan fingerprint density at radius 2 is 0.692 bits per heavy atom. The summed E-state index contributed by atoms with van der Waals surface area (Å²) in [6.07, 6.45) is -0.974. The molecule has 0 aromatic heterocycles. The lowest BCUT2D eigenvalue weighted by Crippen LogP contribution is -2.18. The molecule has 0 aliphatic heterocycles. The van der Waals surface area contributed by atoms with Gasteiger partial charge in [-0.1, -0.05) is 19.7 Å². The quantitative estimate of drug-likeness (QED) is 0.101. The van der Waals surface area contributed by atoms with Gasteiger partial charge in [0.05, 0.1) is 0 Å². The van der Waals surface area contributed by atoms with Crippen LogP contribution in [0.3, 0.4) is 0 Å². The Hall–Kier alpha value is -5.34. The molecule has 0 heterocycles. The van der Waals surface area contributed by atoms with Crippen molar-refractivity contribution in [3.8, 4) is 17.2 Å². The van der Waals surface area contributed by atoms with Crippen LogP contribution in [0.25, 0.3) is 0 Å². The normalized spacial score (nSPS) is 9.54. The van der Waals surface area contributed by atoms with Gasteiger partial charge >= 0.3 is 36.4 Å². The first-order valence-corrected chi connectivity index (χ1v) is 10.7. The number of esters is 3. The van der Waals surface area contributed by atoms with Crippen molar-refractivity contribution < 1.29 is 71.4 Å². The fourth-order valence-electron chi connectivity index (χ4n) is 2.08. The van der Waals surface area contributed by atoms with E-state index in [1.807, 2.05) is 0 Å². The molecule has 210 valence electrons. The minimum absolute atomic E-state index is 0.278. The van der Waals surface area contributed by atoms with Crippen LogP contribution in [0.4, 0.5) is 14.4 Å². The predicted molar refractivity (Wildman–Crippen MR) is 126 cm³/mol. The third kappa shape index (κ3) is 14.7. The van der Waals surface area contributed by atoms with Crippen LogP contribution in [0.15, 0.2) is 56.2 Å². The molecule has 0 atom stereocenters. The molecule has 15 nitrogen and oxygen atoms in total. The standard InChI is InChI=1S/C24H24O15/c1-4-19(25)31-7-10-34-22(28)37-16-13-17(38-23(29)35-11-8-32-20(26)5-2)15-18(14-16)39-24(30)36-12-9-33-21(27)6-3/h4-6,13-15H,1-3,7-12H2. The summed E-state index contributed by atoms with van der Waals surface area (Å²) in [4.78, 5) is 68.8. The zero-order valence-corrected chi connectivity index (χ0v) is 20.5. The van der Waals surface area contributed by atoms with E-state index in [4.69, 9.17) is 28.4 Å². The molecule has 0 unspecified atom stereocenters. The second-order valence-corrected chi connectivity index (χ2v) is 6.36. The molecule has 0 saturated carbocycles. The first kappa shape index (κ1) is 31.7. The van der Waals surface area contributed by atoms with Gasteiger partial charge in [-0.15, -0.1) is 0 Å². The zero-order chi connectivity index (χ0) is 29.0. The van der Waals surface area contributed by atoms with Crippen molar-refractivity contribution >= 4 is 36.4 Å². The molecule has 0 radical (unpaired) electrons. The number of rotatable bonds is 15. The third-order valence-corrected chi connectivity index (χ3v) is 3.60. The van der Waals surface area contributed by atoms with Gasteiger partial charge in [-0.2, -0.15) is 0 Å². The van der Waals surface area contributed by atoms with Crippen LogP contribution in [-0.2, 0) is 42.8 Å². The molecule has 0 aliphatic rings. The lowest BCUT2D eigenvalue weighted by Gasteiger charge is -2.11. The zero-order valence-electron chi connectivity index (χ0n) is 20.5. The van der Waals surface area contributed by atoms with Gasteiger partial charge in [-0.3, -0.25) is 0 Å². The highest BCUT2D eigenvalue weighted by Crippen LogP contribution is 2.29. The van der Waals surface area contributed by atoms with Crippen molar-refractivity contribution in [1.82, 2.24) is 0 Å². The molecular formula is C24H24O15. The highest BCUT2D eigenvalue weighted by molar-refractivity contribution is 5.81. The molecule has 0 N–H and O–H groups in total. The van der Waals surface area contributed by atoms with E-state index in [9.17, 15) is 28.8 Å². The molecule has 0 bridgehead atoms. The Labute approximate surface area is 221 Å². The van der Waals surface area contributed by atoms with Gasteiger partial charge in [0.2, 0.25) is 0 Å². The van der Waals surface area contributed by atoms with Crippen LogP contribution in [0.2, 0.25) is 0 Å². The second-order valence-electron chi connectivity index (χ2n) is 6.36. The largest absolute Gasteiger partial charge is 0.513 e. The summed E-state index contributed by atoms with van der Waals surface area (Å²) in [5, 5.41) is 0. The number of hydrogen-bond donors (Lipinski definition) is 0. The maximum absolute atomic E-state index is 11.9. The second kappa shape index (κ2) is 18.0. The average molecular weight is 552 g/mol. The van der Waals surface area contributed by atoms with Gasteiger partial charge in [-0.25, -0.2) is 28.8 Å². The van der Waals surface area contributed by atoms with Crippen molar-refractivity contribution in [2.45, 2.75) is 0 Å². The Bertz CT molecular complexity index is 930. The Morgan fingerprint density at radius 3 is 0.923 bits per heavy atom. The molecule has 1 aromatic carbocycles. The first-order valence-electron chi connectivity index (χ1n) is 10.7. The topological polar surface area (TPSA) is 185 Å². The van der Waals surface area contributed by atoms with Crippen LogP contribution in [0.5, 0.6) is 17.2 Å². The van der Waals surface area contributed by atoms with E-state index in [2.05, 4.69) is 33.9 Å². The highest BCUT2D eigenvalue weighted by Gasteiger charge is 2.16. The van der Waals surface area contributed by atoms with Crippen LogP contribution >= 0.6 is 0 Å². The van der Waals surface area contributed by atoms with Crippen molar-refractivity contribution in [2.24, 2.45) is 0 Å². The van der Waals surface area contributed by atoms with Crippen LogP contribution in [-0.4, -0.2) is 76.0 Å². The van der Waals surface area contributed by atoms with E-state index in [1.54, 1.807) is 0 Å². The SMILES string of the molecule is C=CC(=O)OCCOC(=O)Oc1cc(OC(=O)OCCOC(=O)C=C)cc(OC(=O)OCCOC(=O)C=C)c1. The fraction of sp³-hybridized carbons (Fsp3) is 0.250. The summed E-state index contributed by atoms with van der Waals surface area (Å²) in [7, 11) is 0. The number of carbonyl (C=O) groups excluding carboxylic acids is 6. The van der Waals surface area contributed by atoms with Crippen molar-refractivity contribution in [1.29, 1.82) is 0 Å². The Kier molecular flexibility index (Phi) is 14.6. The monoisotopic (exact) mass is 552 g/mol. The van der Waals surface area contributed by atoms with E-state index in [0.29, 0.717) is 0 Å². The van der Waals surface area contributed by atoms with Crippen molar-refractivity contribution in [3.05, 3.63) is 56.2 Å². The summed E-state index contributed by atoms with van der Waals surface area (Å²) in [6.45, 7) is 7.71. The van der Waals surface area contributed by atoms with Crippen molar-refractivity contribution in [2.75, 3.05) is 39.6 Å². The summed E-state index contributed by atoms with van der Waals surface area (Å²) < 4.78 is 43.0. The van der Waals surface area contributed by atoms with Gasteiger partial charge in [0, 0.05) is 36.4 Å². The molecular weight excluding hydrogens is 528 g/mol. The highest BCUT2D eigenvalue weighted by atomic mass is 16.7. The summed E-state index contributed by atoms with van der Waals surface area (Å²) >= 11 is 0. The van der Waals surface area contributed by atoms with E-state index >= 15 is 0 Å². The van der Waals surface area contributed by atoms with E-state index in [1.165, 1.54) is 0 Å². The fourth-order valence-corrected chi connectivity index (χ4v) is 2.08. The van der Waals surface area contributed by atoms with Crippen LogP contribution in [0.1, 0.15) is 0 Å². The Balaban J connectivity index is 2.80. The van der Waals surface area contributed by atoms with Crippen LogP contribution in [0, 0.1) is 0 Å². The number of hydrogen-bond acceptors (Lipinski definition) is 15. The summed E-state index contributed by atoms with van der Waals surface area (Å²) in [5.74, 6) is -3.11. The van der Waals surface area contributed by atoms with Gasteiger partial charge in [0.25, 0.3) is 0 Å². The van der Waals surface area contributed by atoms with E-state index in [-0.39, 0.29) is 56.9 Å². The van der Waals surface area contributed by atoms with E-state index in [0.717, 1.165) is 36.4 Å². The molecule has 0 fully saturated rings. The number of benzene rings is 1. The predicted octanol–water partition coefficient (Wildman–Crippen LogP) is 2.42. The third-order valence-electron chi connectivity index (χ3n) is 3.60. The minimum atomic E-state index is -1.24. The molecule has 39 heavy (non-hydrogen) atoms. The number of carbonyl (C=O) groups is 6. The smallest absolute Gasteiger partial charge is 0.459 e. The minimum Gasteiger partial charge on any atom is -0.459 e. The molecule has 1 aromatic rings. The molecule has 0 amide bonds. The Morgan fingerprint density at radius 1 is 0.462 bits per heavy atom. The average Bonchev–Trinajstić information content (AvgIpc) is 2.90.